The maximum absolute atomic E-state index is 12.2. The molecule has 0 aromatic rings. The van der Waals surface area contributed by atoms with E-state index in [4.69, 9.17) is 5.73 Å². The molecular formula is C12H22N2O2. The van der Waals surface area contributed by atoms with Crippen LogP contribution in [0.4, 0.5) is 0 Å². The molecule has 16 heavy (non-hydrogen) atoms. The molecule has 2 saturated carbocycles. The number of carbonyl (C=O) groups is 1. The SMILES string of the molecule is CN(CC1CC(O)C1)C(=O)C1(CN)CCC1. The van der Waals surface area contributed by atoms with Gasteiger partial charge in [-0.25, -0.2) is 0 Å². The van der Waals surface area contributed by atoms with Crippen molar-refractivity contribution in [2.45, 2.75) is 38.2 Å². The maximum Gasteiger partial charge on any atom is 0.229 e. The van der Waals surface area contributed by atoms with Crippen molar-refractivity contribution in [2.24, 2.45) is 17.1 Å². The molecule has 2 fully saturated rings. The van der Waals surface area contributed by atoms with Crippen LogP contribution in [0.2, 0.25) is 0 Å². The van der Waals surface area contributed by atoms with Gasteiger partial charge in [-0.2, -0.15) is 0 Å². The summed E-state index contributed by atoms with van der Waals surface area (Å²) in [5.74, 6) is 0.696. The second-order valence-electron chi connectivity index (χ2n) is 5.51. The van der Waals surface area contributed by atoms with Crippen LogP contribution in [0.3, 0.4) is 0 Å². The molecule has 0 aromatic carbocycles. The summed E-state index contributed by atoms with van der Waals surface area (Å²) in [5, 5.41) is 9.21. The summed E-state index contributed by atoms with van der Waals surface area (Å²) in [5.41, 5.74) is 5.47. The first kappa shape index (κ1) is 11.9. The lowest BCUT2D eigenvalue weighted by Gasteiger charge is -2.43. The molecule has 0 unspecified atom stereocenters. The van der Waals surface area contributed by atoms with Crippen LogP contribution in [0.5, 0.6) is 0 Å². The number of nitrogens with zero attached hydrogens (tertiary/aromatic N) is 1. The van der Waals surface area contributed by atoms with Gasteiger partial charge in [-0.05, 0) is 31.6 Å². The highest BCUT2D eigenvalue weighted by Gasteiger charge is 2.44. The second kappa shape index (κ2) is 4.34. The number of aliphatic hydroxyl groups excluding tert-OH is 1. The highest BCUT2D eigenvalue weighted by molar-refractivity contribution is 5.83. The summed E-state index contributed by atoms with van der Waals surface area (Å²) >= 11 is 0. The monoisotopic (exact) mass is 226 g/mol. The molecule has 2 rings (SSSR count). The third-order valence-electron chi connectivity index (χ3n) is 4.24. The molecular weight excluding hydrogens is 204 g/mol. The number of rotatable bonds is 4. The molecule has 0 atom stereocenters. The number of aliphatic hydroxyl groups is 1. The van der Waals surface area contributed by atoms with Crippen molar-refractivity contribution >= 4 is 5.91 Å². The van der Waals surface area contributed by atoms with Gasteiger partial charge in [0.05, 0.1) is 11.5 Å². The topological polar surface area (TPSA) is 66.6 Å². The van der Waals surface area contributed by atoms with Crippen LogP contribution in [0.1, 0.15) is 32.1 Å². The Kier molecular flexibility index (Phi) is 3.22. The van der Waals surface area contributed by atoms with Crippen LogP contribution >= 0.6 is 0 Å². The molecule has 0 spiro atoms. The van der Waals surface area contributed by atoms with Crippen LogP contribution in [0.15, 0.2) is 0 Å². The van der Waals surface area contributed by atoms with Crippen LogP contribution in [-0.4, -0.2) is 42.2 Å². The van der Waals surface area contributed by atoms with E-state index in [1.807, 2.05) is 11.9 Å². The predicted molar refractivity (Wildman–Crippen MR) is 61.7 cm³/mol. The normalized spacial score (nSPS) is 31.4. The van der Waals surface area contributed by atoms with Crippen molar-refractivity contribution in [1.82, 2.24) is 4.90 Å². The van der Waals surface area contributed by atoms with E-state index in [9.17, 15) is 9.90 Å². The minimum Gasteiger partial charge on any atom is -0.393 e. The molecule has 0 bridgehead atoms. The molecule has 0 aliphatic heterocycles. The smallest absolute Gasteiger partial charge is 0.229 e. The Balaban J connectivity index is 1.84. The fourth-order valence-corrected chi connectivity index (χ4v) is 2.83. The van der Waals surface area contributed by atoms with E-state index in [0.717, 1.165) is 38.6 Å². The molecule has 0 heterocycles. The van der Waals surface area contributed by atoms with Gasteiger partial charge in [-0.3, -0.25) is 4.79 Å². The first-order chi connectivity index (χ1) is 7.57. The number of hydrogen-bond acceptors (Lipinski definition) is 3. The van der Waals surface area contributed by atoms with E-state index in [-0.39, 0.29) is 17.4 Å². The van der Waals surface area contributed by atoms with Gasteiger partial charge >= 0.3 is 0 Å². The van der Waals surface area contributed by atoms with Gasteiger partial charge in [0.25, 0.3) is 0 Å². The Morgan fingerprint density at radius 2 is 2.12 bits per heavy atom. The molecule has 2 aliphatic rings. The molecule has 1 amide bonds. The zero-order valence-electron chi connectivity index (χ0n) is 9.98. The number of amides is 1. The molecule has 0 radical (unpaired) electrons. The van der Waals surface area contributed by atoms with Gasteiger partial charge in [0.2, 0.25) is 5.91 Å². The van der Waals surface area contributed by atoms with Crippen molar-refractivity contribution in [3.05, 3.63) is 0 Å². The highest BCUT2D eigenvalue weighted by atomic mass is 16.3. The summed E-state index contributed by atoms with van der Waals surface area (Å²) in [6.45, 7) is 1.25. The maximum atomic E-state index is 12.2. The average molecular weight is 226 g/mol. The Labute approximate surface area is 96.8 Å². The second-order valence-corrected chi connectivity index (χ2v) is 5.51. The third kappa shape index (κ3) is 1.96. The Morgan fingerprint density at radius 3 is 2.50 bits per heavy atom. The standard InChI is InChI=1S/C12H22N2O2/c1-14(7-9-5-10(15)6-9)11(16)12(8-13)3-2-4-12/h9-10,15H,2-8,13H2,1H3. The molecule has 0 aromatic heterocycles. The van der Waals surface area contributed by atoms with Gasteiger partial charge in [0.1, 0.15) is 0 Å². The van der Waals surface area contributed by atoms with Crippen molar-refractivity contribution in [1.29, 1.82) is 0 Å². The van der Waals surface area contributed by atoms with Crippen molar-refractivity contribution in [3.8, 4) is 0 Å². The molecule has 4 heteroatoms. The number of nitrogens with two attached hydrogens (primary N) is 1. The molecule has 4 nitrogen and oxygen atoms in total. The van der Waals surface area contributed by atoms with E-state index >= 15 is 0 Å². The lowest BCUT2D eigenvalue weighted by molar-refractivity contribution is -0.146. The van der Waals surface area contributed by atoms with Crippen molar-refractivity contribution in [3.63, 3.8) is 0 Å². The van der Waals surface area contributed by atoms with Gasteiger partial charge in [-0.1, -0.05) is 6.42 Å². The van der Waals surface area contributed by atoms with Crippen molar-refractivity contribution in [2.75, 3.05) is 20.1 Å². The fourth-order valence-electron chi connectivity index (χ4n) is 2.83. The lowest BCUT2D eigenvalue weighted by Crippen LogP contribution is -2.52. The minimum atomic E-state index is -0.253. The summed E-state index contributed by atoms with van der Waals surface area (Å²) in [6.07, 6.45) is 4.56. The summed E-state index contributed by atoms with van der Waals surface area (Å²) in [6, 6.07) is 0. The van der Waals surface area contributed by atoms with Crippen LogP contribution in [-0.2, 0) is 4.79 Å². The first-order valence-corrected chi connectivity index (χ1v) is 6.21. The Hall–Kier alpha value is -0.610. The quantitative estimate of drug-likeness (QED) is 0.726. The lowest BCUT2D eigenvalue weighted by atomic mass is 9.67. The van der Waals surface area contributed by atoms with Crippen molar-refractivity contribution < 1.29 is 9.90 Å². The third-order valence-corrected chi connectivity index (χ3v) is 4.24. The highest BCUT2D eigenvalue weighted by Crippen LogP contribution is 2.41. The van der Waals surface area contributed by atoms with E-state index in [2.05, 4.69) is 0 Å². The molecule has 0 saturated heterocycles. The first-order valence-electron chi connectivity index (χ1n) is 6.21. The van der Waals surface area contributed by atoms with E-state index in [0.29, 0.717) is 12.5 Å². The van der Waals surface area contributed by atoms with E-state index in [1.54, 1.807) is 0 Å². The average Bonchev–Trinajstić information content (AvgIpc) is 2.14. The van der Waals surface area contributed by atoms with Gasteiger partial charge < -0.3 is 15.7 Å². The van der Waals surface area contributed by atoms with E-state index < -0.39 is 0 Å². The summed E-state index contributed by atoms with van der Waals surface area (Å²) in [4.78, 5) is 14.0. The Morgan fingerprint density at radius 1 is 1.50 bits per heavy atom. The van der Waals surface area contributed by atoms with E-state index in [1.165, 1.54) is 0 Å². The fraction of sp³-hybridized carbons (Fsp3) is 0.917. The molecule has 3 N–H and O–H groups in total. The molecule has 92 valence electrons. The molecule has 2 aliphatic carbocycles. The summed E-state index contributed by atoms with van der Waals surface area (Å²) in [7, 11) is 1.86. The van der Waals surface area contributed by atoms with Gasteiger partial charge in [-0.15, -0.1) is 0 Å². The van der Waals surface area contributed by atoms with Crippen LogP contribution < -0.4 is 5.73 Å². The van der Waals surface area contributed by atoms with Crippen LogP contribution in [0, 0.1) is 11.3 Å². The van der Waals surface area contributed by atoms with Gasteiger partial charge in [0.15, 0.2) is 0 Å². The predicted octanol–water partition coefficient (Wildman–Crippen LogP) is 0.345. The zero-order valence-corrected chi connectivity index (χ0v) is 9.98. The minimum absolute atomic E-state index is 0.138. The number of hydrogen-bond donors (Lipinski definition) is 2. The number of carbonyl (C=O) groups excluding carboxylic acids is 1. The zero-order chi connectivity index (χ0) is 11.8. The van der Waals surface area contributed by atoms with Gasteiger partial charge in [0, 0.05) is 20.1 Å². The van der Waals surface area contributed by atoms with Crippen LogP contribution in [0.25, 0.3) is 0 Å². The largest absolute Gasteiger partial charge is 0.393 e. The summed E-state index contributed by atoms with van der Waals surface area (Å²) < 4.78 is 0. The Bertz CT molecular complexity index is 265.